The Hall–Kier alpha value is -2.62. The van der Waals surface area contributed by atoms with E-state index in [9.17, 15) is 13.2 Å². The van der Waals surface area contributed by atoms with Gasteiger partial charge in [0.1, 0.15) is 0 Å². The number of nitrogens with zero attached hydrogens (tertiary/aromatic N) is 3. The van der Waals surface area contributed by atoms with Gasteiger partial charge in [-0.05, 0) is 49.2 Å². The number of benzene rings is 1. The smallest absolute Gasteiger partial charge is 0.243 e. The molecule has 28 heavy (non-hydrogen) atoms. The number of rotatable bonds is 6. The second kappa shape index (κ2) is 8.17. The zero-order chi connectivity index (χ0) is 20.3. The number of thiazole rings is 1. The zero-order valence-corrected chi connectivity index (χ0v) is 17.3. The average Bonchev–Trinajstić information content (AvgIpc) is 3.12. The molecular weight excluding hydrogens is 396 g/mol. The van der Waals surface area contributed by atoms with Crippen molar-refractivity contribution in [2.24, 2.45) is 0 Å². The standard InChI is InChI=1S/C19H20N4O3S2/c1-13-6-7-16(9-14(13)2)28(25,26)23(3)11-18(24)22-19-21-17(12-27-19)15-5-4-8-20-10-15/h4-10,12H,11H2,1-3H3,(H,21,22,24). The van der Waals surface area contributed by atoms with Crippen molar-refractivity contribution in [1.82, 2.24) is 14.3 Å². The van der Waals surface area contributed by atoms with Crippen molar-refractivity contribution in [3.8, 4) is 11.3 Å². The van der Waals surface area contributed by atoms with E-state index >= 15 is 0 Å². The number of hydrogen-bond acceptors (Lipinski definition) is 6. The zero-order valence-electron chi connectivity index (χ0n) is 15.7. The molecule has 146 valence electrons. The van der Waals surface area contributed by atoms with Crippen LogP contribution in [0.5, 0.6) is 0 Å². The molecule has 3 aromatic rings. The fourth-order valence-electron chi connectivity index (χ4n) is 2.48. The largest absolute Gasteiger partial charge is 0.301 e. The lowest BCUT2D eigenvalue weighted by Gasteiger charge is -2.17. The third-order valence-electron chi connectivity index (χ3n) is 4.26. The fraction of sp³-hybridized carbons (Fsp3) is 0.211. The van der Waals surface area contributed by atoms with Crippen LogP contribution >= 0.6 is 11.3 Å². The lowest BCUT2D eigenvalue weighted by molar-refractivity contribution is -0.116. The van der Waals surface area contributed by atoms with E-state index in [0.717, 1.165) is 21.0 Å². The molecule has 7 nitrogen and oxygen atoms in total. The molecule has 9 heteroatoms. The number of hydrogen-bond donors (Lipinski definition) is 1. The van der Waals surface area contributed by atoms with E-state index in [1.165, 1.54) is 18.4 Å². The minimum absolute atomic E-state index is 0.166. The van der Waals surface area contributed by atoms with Crippen molar-refractivity contribution in [2.45, 2.75) is 18.7 Å². The molecular formula is C19H20N4O3S2. The summed E-state index contributed by atoms with van der Waals surface area (Å²) in [7, 11) is -2.37. The molecule has 0 saturated heterocycles. The summed E-state index contributed by atoms with van der Waals surface area (Å²) in [6.45, 7) is 3.46. The summed E-state index contributed by atoms with van der Waals surface area (Å²) in [5, 5.41) is 4.86. The van der Waals surface area contributed by atoms with Crippen LogP contribution in [-0.4, -0.2) is 42.2 Å². The maximum absolute atomic E-state index is 12.7. The van der Waals surface area contributed by atoms with Crippen molar-refractivity contribution in [2.75, 3.05) is 18.9 Å². The van der Waals surface area contributed by atoms with Gasteiger partial charge in [0.25, 0.3) is 0 Å². The first-order valence-corrected chi connectivity index (χ1v) is 10.8. The minimum atomic E-state index is -3.76. The summed E-state index contributed by atoms with van der Waals surface area (Å²) in [5.41, 5.74) is 3.43. The molecule has 0 aliphatic heterocycles. The van der Waals surface area contributed by atoms with Gasteiger partial charge < -0.3 is 5.32 Å². The normalized spacial score (nSPS) is 11.6. The number of carbonyl (C=O) groups is 1. The molecule has 2 heterocycles. The van der Waals surface area contributed by atoms with Gasteiger partial charge in [-0.15, -0.1) is 11.3 Å². The molecule has 3 rings (SSSR count). The van der Waals surface area contributed by atoms with Crippen molar-refractivity contribution in [3.05, 3.63) is 59.2 Å². The van der Waals surface area contributed by atoms with E-state index in [2.05, 4.69) is 15.3 Å². The summed E-state index contributed by atoms with van der Waals surface area (Å²) in [4.78, 5) is 20.9. The number of sulfonamides is 1. The first kappa shape index (κ1) is 20.1. The number of pyridine rings is 1. The summed E-state index contributed by atoms with van der Waals surface area (Å²) >= 11 is 1.27. The van der Waals surface area contributed by atoms with E-state index in [1.54, 1.807) is 36.7 Å². The molecule has 0 aliphatic rings. The lowest BCUT2D eigenvalue weighted by Crippen LogP contribution is -2.35. The van der Waals surface area contributed by atoms with Crippen molar-refractivity contribution >= 4 is 32.4 Å². The van der Waals surface area contributed by atoms with E-state index in [4.69, 9.17) is 0 Å². The molecule has 1 amide bonds. The Morgan fingerprint density at radius 2 is 2.00 bits per heavy atom. The molecule has 1 N–H and O–H groups in total. The topological polar surface area (TPSA) is 92.3 Å². The molecule has 0 unspecified atom stereocenters. The van der Waals surface area contributed by atoms with Gasteiger partial charge in [-0.3, -0.25) is 9.78 Å². The van der Waals surface area contributed by atoms with Crippen molar-refractivity contribution < 1.29 is 13.2 Å². The Labute approximate surface area is 168 Å². The van der Waals surface area contributed by atoms with Crippen molar-refractivity contribution in [1.29, 1.82) is 0 Å². The number of aryl methyl sites for hydroxylation is 2. The van der Waals surface area contributed by atoms with Crippen LogP contribution in [0.3, 0.4) is 0 Å². The van der Waals surface area contributed by atoms with Gasteiger partial charge in [0.05, 0.1) is 17.1 Å². The molecule has 0 saturated carbocycles. The van der Waals surface area contributed by atoms with Crippen LogP contribution in [0.2, 0.25) is 0 Å². The van der Waals surface area contributed by atoms with Gasteiger partial charge in [0.15, 0.2) is 5.13 Å². The van der Waals surface area contributed by atoms with Crippen LogP contribution in [-0.2, 0) is 14.8 Å². The molecule has 0 radical (unpaired) electrons. The Bertz CT molecular complexity index is 1100. The molecule has 0 bridgehead atoms. The maximum atomic E-state index is 12.7. The van der Waals surface area contributed by atoms with Gasteiger partial charge in [-0.2, -0.15) is 4.31 Å². The molecule has 2 aromatic heterocycles. The second-order valence-corrected chi connectivity index (χ2v) is 9.24. The van der Waals surface area contributed by atoms with Crippen LogP contribution < -0.4 is 5.32 Å². The van der Waals surface area contributed by atoms with E-state index in [0.29, 0.717) is 10.8 Å². The number of carbonyl (C=O) groups excluding carboxylic acids is 1. The first-order valence-electron chi connectivity index (χ1n) is 8.47. The SMILES string of the molecule is Cc1ccc(S(=O)(=O)N(C)CC(=O)Nc2nc(-c3cccnc3)cs2)cc1C. The second-order valence-electron chi connectivity index (χ2n) is 6.33. The molecule has 0 aliphatic carbocycles. The number of anilines is 1. The molecule has 1 aromatic carbocycles. The maximum Gasteiger partial charge on any atom is 0.243 e. The lowest BCUT2D eigenvalue weighted by atomic mass is 10.1. The van der Waals surface area contributed by atoms with Gasteiger partial charge >= 0.3 is 0 Å². The highest BCUT2D eigenvalue weighted by Crippen LogP contribution is 2.24. The highest BCUT2D eigenvalue weighted by atomic mass is 32.2. The number of nitrogens with one attached hydrogen (secondary N) is 1. The predicted octanol–water partition coefficient (Wildman–Crippen LogP) is 3.08. The van der Waals surface area contributed by atoms with Crippen LogP contribution in [0.25, 0.3) is 11.3 Å². The Morgan fingerprint density at radius 3 is 2.68 bits per heavy atom. The van der Waals surface area contributed by atoms with E-state index in [-0.39, 0.29) is 11.4 Å². The summed E-state index contributed by atoms with van der Waals surface area (Å²) in [5.74, 6) is -0.456. The van der Waals surface area contributed by atoms with Crippen LogP contribution in [0.15, 0.2) is 53.0 Å². The Morgan fingerprint density at radius 1 is 1.21 bits per heavy atom. The third-order valence-corrected chi connectivity index (χ3v) is 6.82. The summed E-state index contributed by atoms with van der Waals surface area (Å²) < 4.78 is 26.4. The monoisotopic (exact) mass is 416 g/mol. The van der Waals surface area contributed by atoms with E-state index in [1.807, 2.05) is 25.3 Å². The van der Waals surface area contributed by atoms with Gasteiger partial charge in [0.2, 0.25) is 15.9 Å². The van der Waals surface area contributed by atoms with Gasteiger partial charge in [0, 0.05) is 30.4 Å². The number of amides is 1. The highest BCUT2D eigenvalue weighted by Gasteiger charge is 2.23. The first-order chi connectivity index (χ1) is 13.3. The average molecular weight is 417 g/mol. The minimum Gasteiger partial charge on any atom is -0.301 e. The van der Waals surface area contributed by atoms with E-state index < -0.39 is 15.9 Å². The highest BCUT2D eigenvalue weighted by molar-refractivity contribution is 7.89. The van der Waals surface area contributed by atoms with Gasteiger partial charge in [-0.25, -0.2) is 13.4 Å². The van der Waals surface area contributed by atoms with Gasteiger partial charge in [-0.1, -0.05) is 6.07 Å². The number of aromatic nitrogens is 2. The quantitative estimate of drug-likeness (QED) is 0.667. The number of likely N-dealkylation sites (N-methyl/N-ethyl adjacent to an activating group) is 1. The predicted molar refractivity (Wildman–Crippen MR) is 110 cm³/mol. The van der Waals surface area contributed by atoms with Crippen LogP contribution in [0, 0.1) is 13.8 Å². The summed E-state index contributed by atoms with van der Waals surface area (Å²) in [6, 6.07) is 8.59. The third kappa shape index (κ3) is 4.44. The Balaban J connectivity index is 1.67. The summed E-state index contributed by atoms with van der Waals surface area (Å²) in [6.07, 6.45) is 3.36. The van der Waals surface area contributed by atoms with Crippen LogP contribution in [0.1, 0.15) is 11.1 Å². The molecule has 0 spiro atoms. The Kier molecular flexibility index (Phi) is 5.87. The molecule has 0 fully saturated rings. The van der Waals surface area contributed by atoms with Crippen LogP contribution in [0.4, 0.5) is 5.13 Å². The molecule has 0 atom stereocenters. The van der Waals surface area contributed by atoms with Crippen molar-refractivity contribution in [3.63, 3.8) is 0 Å². The fourth-order valence-corrected chi connectivity index (χ4v) is 4.43.